The van der Waals surface area contributed by atoms with Gasteiger partial charge >= 0.3 is 17.1 Å². The van der Waals surface area contributed by atoms with Gasteiger partial charge in [0.2, 0.25) is 0 Å². The van der Waals surface area contributed by atoms with Gasteiger partial charge in [0.15, 0.2) is 0 Å². The van der Waals surface area contributed by atoms with Crippen LogP contribution in [0.15, 0.2) is 0 Å². The topological polar surface area (TPSA) is 127 Å². The van der Waals surface area contributed by atoms with Gasteiger partial charge in [-0.1, -0.05) is 0 Å². The molecule has 0 aromatic carbocycles. The molecule has 0 saturated carbocycles. The molecule has 3 N–H and O–H groups in total. The van der Waals surface area contributed by atoms with Gasteiger partial charge in [0.25, 0.3) is 0 Å². The van der Waals surface area contributed by atoms with Crippen LogP contribution in [0, 0.1) is 0 Å². The summed E-state index contributed by atoms with van der Waals surface area (Å²) in [5.41, 5.74) is 0. The zero-order chi connectivity index (χ0) is 7.41. The van der Waals surface area contributed by atoms with E-state index in [-0.39, 0.29) is 17.1 Å². The zero-order valence-corrected chi connectivity index (χ0v) is 5.06. The molecule has 9 heavy (non-hydrogen) atoms. The largest absolute Gasteiger partial charge is 2.00 e. The SMILES string of the molecule is NO.O=C[O-].O=C[O-].[Cu+2]. The summed E-state index contributed by atoms with van der Waals surface area (Å²) in [6.07, 6.45) is 0. The number of carboxylic acid groups (broad SMARTS) is 2. The maximum atomic E-state index is 8.25. The molecule has 0 unspecified atom stereocenters. The molecule has 0 fully saturated rings. The minimum atomic E-state index is -0.500. The number of hydrogen-bond acceptors (Lipinski definition) is 6. The molecule has 1 radical (unpaired) electrons. The third kappa shape index (κ3) is 555. The van der Waals surface area contributed by atoms with Gasteiger partial charge in [0.1, 0.15) is 0 Å². The van der Waals surface area contributed by atoms with Crippen LogP contribution in [0.4, 0.5) is 0 Å². The van der Waals surface area contributed by atoms with Crippen molar-refractivity contribution in [2.24, 2.45) is 5.90 Å². The molecule has 6 nitrogen and oxygen atoms in total. The van der Waals surface area contributed by atoms with E-state index in [4.69, 9.17) is 25.0 Å². The Morgan fingerprint density at radius 3 is 1.11 bits per heavy atom. The molecular weight excluding hydrogens is 182 g/mol. The Hall–Kier alpha value is -0.621. The van der Waals surface area contributed by atoms with E-state index in [9.17, 15) is 0 Å². The molecule has 0 bridgehead atoms. The number of hydrogen-bond donors (Lipinski definition) is 2. The Bertz CT molecular complexity index is 35.9. The summed E-state index contributed by atoms with van der Waals surface area (Å²) in [7, 11) is 0. The predicted molar refractivity (Wildman–Crippen MR) is 18.1 cm³/mol. The van der Waals surface area contributed by atoms with E-state index in [1.165, 1.54) is 0 Å². The second kappa shape index (κ2) is 158. The fourth-order valence-corrected chi connectivity index (χ4v) is 0. The van der Waals surface area contributed by atoms with Gasteiger partial charge in [-0.2, -0.15) is 0 Å². The van der Waals surface area contributed by atoms with Crippen molar-refractivity contribution in [2.75, 3.05) is 0 Å². The molecule has 0 amide bonds. The summed E-state index contributed by atoms with van der Waals surface area (Å²) in [4.78, 5) is 16.5. The molecule has 0 heterocycles. The molecule has 0 aliphatic carbocycles. The Morgan fingerprint density at radius 1 is 1.11 bits per heavy atom. The summed E-state index contributed by atoms with van der Waals surface area (Å²) >= 11 is 0. The van der Waals surface area contributed by atoms with Gasteiger partial charge < -0.3 is 25.0 Å². The third-order valence-corrected chi connectivity index (χ3v) is 0. The molecule has 59 valence electrons. The van der Waals surface area contributed by atoms with Gasteiger partial charge in [-0.3, -0.25) is 0 Å². The first-order valence-corrected chi connectivity index (χ1v) is 1.20. The third-order valence-electron chi connectivity index (χ3n) is 0. The Labute approximate surface area is 61.7 Å². The van der Waals surface area contributed by atoms with Crippen molar-refractivity contribution in [1.82, 2.24) is 0 Å². The normalized spacial score (nSPS) is 3.33. The van der Waals surface area contributed by atoms with Crippen LogP contribution in [0.5, 0.6) is 0 Å². The van der Waals surface area contributed by atoms with Crippen molar-refractivity contribution in [3.05, 3.63) is 0 Å². The van der Waals surface area contributed by atoms with E-state index in [1.807, 2.05) is 0 Å². The minimum Gasteiger partial charge on any atom is -0.554 e. The predicted octanol–water partition coefficient (Wildman–Crippen LogP) is -3.94. The maximum Gasteiger partial charge on any atom is 2.00 e. The number of rotatable bonds is 0. The summed E-state index contributed by atoms with van der Waals surface area (Å²) in [6, 6.07) is 0. The van der Waals surface area contributed by atoms with Crippen LogP contribution in [0.25, 0.3) is 0 Å². The molecule has 0 aliphatic rings. The van der Waals surface area contributed by atoms with Crippen molar-refractivity contribution in [1.29, 1.82) is 0 Å². The van der Waals surface area contributed by atoms with Crippen LogP contribution in [-0.2, 0) is 26.7 Å². The quantitative estimate of drug-likeness (QED) is 0.226. The van der Waals surface area contributed by atoms with Crippen LogP contribution in [0.1, 0.15) is 0 Å². The fraction of sp³-hybridized carbons (Fsp3) is 0. The molecule has 0 saturated heterocycles. The molecule has 0 aromatic rings. The van der Waals surface area contributed by atoms with E-state index in [0.717, 1.165) is 0 Å². The number of nitrogens with two attached hydrogens (primary N) is 1. The average molecular weight is 187 g/mol. The number of carbonyl (C=O) groups excluding carboxylic acids is 2. The van der Waals surface area contributed by atoms with Crippen molar-refractivity contribution < 1.29 is 42.1 Å². The first-order chi connectivity index (χ1) is 3.83. The van der Waals surface area contributed by atoms with Crippen LogP contribution in [0.3, 0.4) is 0 Å². The monoisotopic (exact) mass is 186 g/mol. The maximum absolute atomic E-state index is 8.25. The van der Waals surface area contributed by atoms with E-state index in [2.05, 4.69) is 5.90 Å². The van der Waals surface area contributed by atoms with Crippen LogP contribution in [0.2, 0.25) is 0 Å². The summed E-state index contributed by atoms with van der Waals surface area (Å²) in [6.45, 7) is -1.00. The Kier molecular flexibility index (Phi) is 417. The summed E-state index contributed by atoms with van der Waals surface area (Å²) in [5, 5.41) is 23.0. The number of carbonyl (C=O) groups is 2. The van der Waals surface area contributed by atoms with E-state index >= 15 is 0 Å². The minimum absolute atomic E-state index is 0. The molecular formula is C2H5CuNO5. The van der Waals surface area contributed by atoms with Crippen molar-refractivity contribution in [3.8, 4) is 0 Å². The summed E-state index contributed by atoms with van der Waals surface area (Å²) < 4.78 is 0. The Balaban J connectivity index is -0.0000000202. The smallest absolute Gasteiger partial charge is 0.554 e. The van der Waals surface area contributed by atoms with E-state index in [0.29, 0.717) is 0 Å². The molecule has 0 aliphatic heterocycles. The Morgan fingerprint density at radius 2 is 1.11 bits per heavy atom. The van der Waals surface area contributed by atoms with Gasteiger partial charge in [-0.05, 0) is 0 Å². The van der Waals surface area contributed by atoms with Gasteiger partial charge in [0.05, 0.1) is 0 Å². The van der Waals surface area contributed by atoms with Crippen molar-refractivity contribution in [2.45, 2.75) is 0 Å². The molecule has 0 aromatic heterocycles. The zero-order valence-electron chi connectivity index (χ0n) is 4.11. The second-order valence-electron chi connectivity index (χ2n) is 0.192. The standard InChI is InChI=1S/2CH2O2.Cu.H3NO/c2*2-1-3;;1-2/h2*1H,(H,2,3);;2H,1H2/q;;+2;/p-2. The molecule has 0 atom stereocenters. The second-order valence-corrected chi connectivity index (χ2v) is 0.192. The fourth-order valence-electron chi connectivity index (χ4n) is 0. The van der Waals surface area contributed by atoms with Gasteiger partial charge in [-0.15, -0.1) is 0 Å². The van der Waals surface area contributed by atoms with Crippen molar-refractivity contribution in [3.63, 3.8) is 0 Å². The van der Waals surface area contributed by atoms with E-state index in [1.54, 1.807) is 0 Å². The van der Waals surface area contributed by atoms with E-state index < -0.39 is 12.9 Å². The van der Waals surface area contributed by atoms with Crippen molar-refractivity contribution >= 4 is 12.9 Å². The molecule has 7 heteroatoms. The van der Waals surface area contributed by atoms with Gasteiger partial charge in [-0.25, -0.2) is 5.90 Å². The first kappa shape index (κ1) is 23.8. The summed E-state index contributed by atoms with van der Waals surface area (Å²) in [5.74, 6) is 3.50. The average Bonchev–Trinajstić information content (AvgIpc) is 1.75. The van der Waals surface area contributed by atoms with Crippen LogP contribution < -0.4 is 16.1 Å². The van der Waals surface area contributed by atoms with Crippen LogP contribution in [-0.4, -0.2) is 18.2 Å². The molecule has 0 rings (SSSR count). The first-order valence-electron chi connectivity index (χ1n) is 1.20. The van der Waals surface area contributed by atoms with Crippen LogP contribution >= 0.6 is 0 Å². The molecule has 0 spiro atoms. The van der Waals surface area contributed by atoms with Gasteiger partial charge in [0, 0.05) is 12.9 Å².